The molecule has 4 aromatic rings. The molecule has 25 heavy (non-hydrogen) atoms. The number of methoxy groups -OCH3 is 1. The van der Waals surface area contributed by atoms with Gasteiger partial charge in [-0.15, -0.1) is 0 Å². The summed E-state index contributed by atoms with van der Waals surface area (Å²) >= 11 is 0. The highest BCUT2D eigenvalue weighted by atomic mass is 16.5. The van der Waals surface area contributed by atoms with E-state index in [1.165, 1.54) is 10.9 Å². The van der Waals surface area contributed by atoms with E-state index in [2.05, 4.69) is 23.2 Å². The van der Waals surface area contributed by atoms with Gasteiger partial charge in [-0.1, -0.05) is 36.4 Å². The van der Waals surface area contributed by atoms with Crippen molar-refractivity contribution in [2.75, 3.05) is 7.11 Å². The predicted octanol–water partition coefficient (Wildman–Crippen LogP) is 4.52. The van der Waals surface area contributed by atoms with Gasteiger partial charge in [0.15, 0.2) is 5.76 Å². The van der Waals surface area contributed by atoms with E-state index < -0.39 is 0 Å². The summed E-state index contributed by atoms with van der Waals surface area (Å²) < 4.78 is 11.0. The largest absolute Gasteiger partial charge is 0.497 e. The summed E-state index contributed by atoms with van der Waals surface area (Å²) in [6.07, 6.45) is 0.769. The molecule has 4 nitrogen and oxygen atoms in total. The minimum atomic E-state index is -0.102. The van der Waals surface area contributed by atoms with E-state index in [1.54, 1.807) is 13.2 Å². The number of benzene rings is 2. The maximum absolute atomic E-state index is 9.24. The second-order valence-electron chi connectivity index (χ2n) is 5.98. The zero-order valence-corrected chi connectivity index (χ0v) is 14.0. The molecule has 0 aliphatic carbocycles. The van der Waals surface area contributed by atoms with Crippen molar-refractivity contribution >= 4 is 10.8 Å². The number of aromatic nitrogens is 1. The molecule has 126 valence electrons. The van der Waals surface area contributed by atoms with Crippen molar-refractivity contribution in [3.05, 3.63) is 77.7 Å². The molecule has 2 aromatic carbocycles. The molecule has 0 aliphatic rings. The van der Waals surface area contributed by atoms with Crippen molar-refractivity contribution < 1.29 is 14.3 Å². The van der Waals surface area contributed by atoms with Gasteiger partial charge in [0.25, 0.3) is 0 Å². The molecule has 2 heterocycles. The number of hydrogen-bond acceptors (Lipinski definition) is 3. The Morgan fingerprint density at radius 1 is 1.00 bits per heavy atom. The quantitative estimate of drug-likeness (QED) is 0.564. The first-order valence-corrected chi connectivity index (χ1v) is 8.21. The van der Waals surface area contributed by atoms with Gasteiger partial charge < -0.3 is 19.2 Å². The first kappa shape index (κ1) is 15.5. The van der Waals surface area contributed by atoms with Gasteiger partial charge >= 0.3 is 0 Å². The van der Waals surface area contributed by atoms with Crippen molar-refractivity contribution in [1.82, 2.24) is 4.98 Å². The molecule has 4 heteroatoms. The Hall–Kier alpha value is -2.98. The van der Waals surface area contributed by atoms with Crippen molar-refractivity contribution in [1.29, 1.82) is 0 Å². The van der Waals surface area contributed by atoms with Gasteiger partial charge in [0.1, 0.15) is 18.1 Å². The Bertz CT molecular complexity index is 1010. The number of nitrogens with one attached hydrogen (secondary N) is 1. The molecule has 2 aromatic heterocycles. The van der Waals surface area contributed by atoms with E-state index >= 15 is 0 Å². The van der Waals surface area contributed by atoms with Crippen LogP contribution in [0.2, 0.25) is 0 Å². The lowest BCUT2D eigenvalue weighted by molar-refractivity contribution is 0.248. The highest BCUT2D eigenvalue weighted by molar-refractivity contribution is 5.97. The zero-order chi connectivity index (χ0) is 17.2. The Morgan fingerprint density at radius 2 is 1.84 bits per heavy atom. The molecule has 0 bridgehead atoms. The number of hydrogen-bond donors (Lipinski definition) is 2. The highest BCUT2D eigenvalue weighted by Gasteiger charge is 2.15. The molecular weight excluding hydrogens is 314 g/mol. The van der Waals surface area contributed by atoms with Crippen LogP contribution in [0.1, 0.15) is 17.0 Å². The average Bonchev–Trinajstić information content (AvgIpc) is 3.27. The second-order valence-corrected chi connectivity index (χ2v) is 5.98. The second kappa shape index (κ2) is 6.49. The summed E-state index contributed by atoms with van der Waals surface area (Å²) in [6, 6.07) is 20.0. The number of fused-ring (bicyclic) bond motifs is 1. The monoisotopic (exact) mass is 333 g/mol. The van der Waals surface area contributed by atoms with E-state index in [9.17, 15) is 5.11 Å². The first-order valence-electron chi connectivity index (χ1n) is 8.21. The van der Waals surface area contributed by atoms with Crippen LogP contribution in [0.15, 0.2) is 65.1 Å². The minimum absolute atomic E-state index is 0.102. The molecule has 0 saturated carbocycles. The van der Waals surface area contributed by atoms with Crippen LogP contribution >= 0.6 is 0 Å². The van der Waals surface area contributed by atoms with E-state index in [0.717, 1.165) is 34.7 Å². The lowest BCUT2D eigenvalue weighted by Crippen LogP contribution is -1.91. The van der Waals surface area contributed by atoms with Gasteiger partial charge in [-0.25, -0.2) is 0 Å². The van der Waals surface area contributed by atoms with Crippen LogP contribution in [-0.4, -0.2) is 17.2 Å². The summed E-state index contributed by atoms with van der Waals surface area (Å²) in [6.45, 7) is -0.102. The summed E-state index contributed by atoms with van der Waals surface area (Å²) in [5.74, 6) is 2.15. The fourth-order valence-corrected chi connectivity index (χ4v) is 3.17. The Balaban J connectivity index is 1.79. The fourth-order valence-electron chi connectivity index (χ4n) is 3.17. The molecule has 0 amide bonds. The van der Waals surface area contributed by atoms with Crippen molar-refractivity contribution in [3.8, 4) is 17.2 Å². The van der Waals surface area contributed by atoms with Gasteiger partial charge in [0, 0.05) is 22.9 Å². The van der Waals surface area contributed by atoms with Gasteiger partial charge in [0.05, 0.1) is 12.8 Å². The molecule has 0 saturated heterocycles. The number of aliphatic hydroxyl groups excluding tert-OH is 1. The fraction of sp³-hybridized carbons (Fsp3) is 0.143. The molecule has 0 spiro atoms. The third-order valence-electron chi connectivity index (χ3n) is 4.38. The van der Waals surface area contributed by atoms with Gasteiger partial charge in [-0.3, -0.25) is 0 Å². The molecular formula is C21H19NO3. The maximum Gasteiger partial charge on any atom is 0.151 e. The summed E-state index contributed by atoms with van der Waals surface area (Å²) in [5, 5.41) is 11.5. The zero-order valence-electron chi connectivity index (χ0n) is 14.0. The summed E-state index contributed by atoms with van der Waals surface area (Å²) in [4.78, 5) is 3.51. The van der Waals surface area contributed by atoms with Crippen molar-refractivity contribution in [2.24, 2.45) is 0 Å². The van der Waals surface area contributed by atoms with E-state index in [1.807, 2.05) is 36.4 Å². The summed E-state index contributed by atoms with van der Waals surface area (Å²) in [7, 11) is 1.68. The SMILES string of the molecule is COc1cccc(Cc2[nH]c(-c3ccc(CO)o3)c3ccccc23)c1. The minimum Gasteiger partial charge on any atom is -0.497 e. The topological polar surface area (TPSA) is 58.4 Å². The molecule has 0 fully saturated rings. The molecule has 2 N–H and O–H groups in total. The molecule has 0 aliphatic heterocycles. The van der Waals surface area contributed by atoms with Crippen LogP contribution in [0.5, 0.6) is 5.75 Å². The standard InChI is InChI=1S/C21H19NO3/c1-24-15-6-4-5-14(11-15)12-19-17-7-2-3-8-18(17)21(22-19)20-10-9-16(13-23)25-20/h2-11,22-23H,12-13H2,1H3. The number of aromatic amines is 1. The predicted molar refractivity (Wildman–Crippen MR) is 97.7 cm³/mol. The maximum atomic E-state index is 9.24. The van der Waals surface area contributed by atoms with Gasteiger partial charge in [-0.05, 0) is 29.8 Å². The van der Waals surface area contributed by atoms with Crippen LogP contribution in [0.25, 0.3) is 22.2 Å². The lowest BCUT2D eigenvalue weighted by atomic mass is 10.1. The number of furan rings is 1. The van der Waals surface area contributed by atoms with Gasteiger partial charge in [0.2, 0.25) is 0 Å². The third kappa shape index (κ3) is 2.92. The van der Waals surface area contributed by atoms with Crippen LogP contribution < -0.4 is 4.74 Å². The van der Waals surface area contributed by atoms with Crippen LogP contribution in [0, 0.1) is 0 Å². The number of rotatable bonds is 5. The summed E-state index contributed by atoms with van der Waals surface area (Å²) in [5.41, 5.74) is 3.24. The third-order valence-corrected chi connectivity index (χ3v) is 4.38. The normalized spacial score (nSPS) is 11.1. The number of H-pyrrole nitrogens is 1. The smallest absolute Gasteiger partial charge is 0.151 e. The molecule has 0 atom stereocenters. The molecule has 4 rings (SSSR count). The Labute approximate surface area is 145 Å². The van der Waals surface area contributed by atoms with Crippen LogP contribution in [0.4, 0.5) is 0 Å². The average molecular weight is 333 g/mol. The van der Waals surface area contributed by atoms with Crippen molar-refractivity contribution in [3.63, 3.8) is 0 Å². The van der Waals surface area contributed by atoms with E-state index in [-0.39, 0.29) is 6.61 Å². The highest BCUT2D eigenvalue weighted by Crippen LogP contribution is 2.33. The van der Waals surface area contributed by atoms with Crippen LogP contribution in [-0.2, 0) is 13.0 Å². The van der Waals surface area contributed by atoms with E-state index in [0.29, 0.717) is 5.76 Å². The van der Waals surface area contributed by atoms with Crippen molar-refractivity contribution in [2.45, 2.75) is 13.0 Å². The van der Waals surface area contributed by atoms with E-state index in [4.69, 9.17) is 9.15 Å². The molecule has 0 radical (unpaired) electrons. The van der Waals surface area contributed by atoms with Crippen LogP contribution in [0.3, 0.4) is 0 Å². The molecule has 0 unspecified atom stereocenters. The first-order chi connectivity index (χ1) is 12.3. The number of ether oxygens (including phenoxy) is 1. The number of aliphatic hydroxyl groups is 1. The Morgan fingerprint density at radius 3 is 2.60 bits per heavy atom. The Kier molecular flexibility index (Phi) is 4.04. The van der Waals surface area contributed by atoms with Gasteiger partial charge in [-0.2, -0.15) is 0 Å². The lowest BCUT2D eigenvalue weighted by Gasteiger charge is -2.04.